The first-order chi connectivity index (χ1) is 16.9. The molecule has 0 N–H and O–H groups in total. The van der Waals surface area contributed by atoms with Gasteiger partial charge in [0.25, 0.3) is 0 Å². The van der Waals surface area contributed by atoms with Crippen LogP contribution in [0.1, 0.15) is 12.0 Å². The number of aromatic nitrogens is 2. The van der Waals surface area contributed by atoms with Gasteiger partial charge in [0.1, 0.15) is 28.2 Å². The van der Waals surface area contributed by atoms with Gasteiger partial charge in [-0.05, 0) is 55.0 Å². The van der Waals surface area contributed by atoms with Crippen LogP contribution in [0.15, 0.2) is 71.5 Å². The Morgan fingerprint density at radius 2 is 1.63 bits per heavy atom. The van der Waals surface area contributed by atoms with Crippen LogP contribution in [0.5, 0.6) is 17.2 Å². The van der Waals surface area contributed by atoms with E-state index in [0.717, 1.165) is 22.7 Å². The minimum atomic E-state index is 0.127. The highest BCUT2D eigenvalue weighted by molar-refractivity contribution is 6.55. The number of pyridine rings is 1. The Labute approximate surface area is 223 Å². The van der Waals surface area contributed by atoms with Gasteiger partial charge in [-0.3, -0.25) is 0 Å². The summed E-state index contributed by atoms with van der Waals surface area (Å²) in [6.45, 7) is 3.13. The molecule has 35 heavy (non-hydrogen) atoms. The lowest BCUT2D eigenvalue weighted by molar-refractivity contribution is 0.247. The summed E-state index contributed by atoms with van der Waals surface area (Å²) in [5.74, 6) is 1.67. The molecule has 0 aliphatic rings. The van der Waals surface area contributed by atoms with Crippen molar-refractivity contribution in [2.24, 2.45) is 0 Å². The molecule has 2 aromatic carbocycles. The standard InChI is InChI=1S/C26H22Cl4N2O3/c1-17-7-9-32-16-23(31-25(32)13-17)18-3-5-19(6-4-18)33-10-2-11-35-26-21(27)14-20(15-22(26)28)34-12-8-24(29)30/h3-9,13-16H,2,10-12H2,1H3. The van der Waals surface area contributed by atoms with E-state index < -0.39 is 0 Å². The van der Waals surface area contributed by atoms with Crippen molar-refractivity contribution in [2.75, 3.05) is 19.8 Å². The zero-order valence-corrected chi connectivity index (χ0v) is 21.8. The van der Waals surface area contributed by atoms with Crippen molar-refractivity contribution in [1.82, 2.24) is 9.38 Å². The molecular formula is C26H22Cl4N2O3. The monoisotopic (exact) mass is 550 g/mol. The Morgan fingerprint density at radius 3 is 2.34 bits per heavy atom. The largest absolute Gasteiger partial charge is 0.493 e. The highest BCUT2D eigenvalue weighted by Gasteiger charge is 2.11. The molecule has 0 amide bonds. The van der Waals surface area contributed by atoms with Crippen molar-refractivity contribution in [2.45, 2.75) is 13.3 Å². The molecule has 0 fully saturated rings. The molecule has 0 bridgehead atoms. The molecule has 0 aliphatic heterocycles. The molecule has 182 valence electrons. The molecule has 2 heterocycles. The number of rotatable bonds is 10. The van der Waals surface area contributed by atoms with Crippen LogP contribution in [-0.4, -0.2) is 29.2 Å². The third kappa shape index (κ3) is 6.98. The number of hydrogen-bond donors (Lipinski definition) is 0. The van der Waals surface area contributed by atoms with Crippen molar-refractivity contribution in [3.63, 3.8) is 0 Å². The second-order valence-corrected chi connectivity index (χ2v) is 9.51. The first-order valence-electron chi connectivity index (χ1n) is 10.8. The number of ether oxygens (including phenoxy) is 3. The number of hydrogen-bond acceptors (Lipinski definition) is 4. The fourth-order valence-electron chi connectivity index (χ4n) is 3.33. The van der Waals surface area contributed by atoms with Crippen molar-refractivity contribution < 1.29 is 14.2 Å². The Kier molecular flexibility index (Phi) is 8.69. The first-order valence-corrected chi connectivity index (χ1v) is 12.3. The van der Waals surface area contributed by atoms with Crippen LogP contribution in [0.4, 0.5) is 0 Å². The lowest BCUT2D eigenvalue weighted by Crippen LogP contribution is -2.05. The molecule has 0 aliphatic carbocycles. The summed E-state index contributed by atoms with van der Waals surface area (Å²) in [6.07, 6.45) is 6.20. The quantitative estimate of drug-likeness (QED) is 0.186. The molecular weight excluding hydrogens is 530 g/mol. The van der Waals surface area contributed by atoms with Gasteiger partial charge in [0.2, 0.25) is 0 Å². The van der Waals surface area contributed by atoms with Gasteiger partial charge in [-0.2, -0.15) is 0 Å². The van der Waals surface area contributed by atoms with Gasteiger partial charge in [0.15, 0.2) is 5.75 Å². The van der Waals surface area contributed by atoms with Crippen LogP contribution in [0.2, 0.25) is 10.0 Å². The highest BCUT2D eigenvalue weighted by atomic mass is 35.5. The van der Waals surface area contributed by atoms with Gasteiger partial charge in [-0.15, -0.1) is 0 Å². The number of benzene rings is 2. The molecule has 4 aromatic rings. The van der Waals surface area contributed by atoms with E-state index in [1.165, 1.54) is 11.6 Å². The van der Waals surface area contributed by atoms with Gasteiger partial charge >= 0.3 is 0 Å². The fraction of sp³-hybridized carbons (Fsp3) is 0.192. The lowest BCUT2D eigenvalue weighted by Gasteiger charge is -2.12. The van der Waals surface area contributed by atoms with Gasteiger partial charge in [0.05, 0.1) is 29.0 Å². The van der Waals surface area contributed by atoms with Gasteiger partial charge in [-0.25, -0.2) is 4.98 Å². The smallest absolute Gasteiger partial charge is 0.156 e. The van der Waals surface area contributed by atoms with Crippen LogP contribution >= 0.6 is 46.4 Å². The molecule has 0 radical (unpaired) electrons. The Bertz CT molecular complexity index is 1310. The van der Waals surface area contributed by atoms with Gasteiger partial charge < -0.3 is 18.6 Å². The van der Waals surface area contributed by atoms with Crippen LogP contribution < -0.4 is 14.2 Å². The molecule has 9 heteroatoms. The molecule has 0 atom stereocenters. The lowest BCUT2D eigenvalue weighted by atomic mass is 10.2. The zero-order chi connectivity index (χ0) is 24.8. The zero-order valence-electron chi connectivity index (χ0n) is 18.8. The predicted molar refractivity (Wildman–Crippen MR) is 143 cm³/mol. The molecule has 4 rings (SSSR count). The van der Waals surface area contributed by atoms with E-state index in [9.17, 15) is 0 Å². The molecule has 0 spiro atoms. The van der Waals surface area contributed by atoms with E-state index in [0.29, 0.717) is 41.2 Å². The van der Waals surface area contributed by atoms with Crippen molar-refractivity contribution in [3.05, 3.63) is 87.1 Å². The predicted octanol–water partition coefficient (Wildman–Crippen LogP) is 8.16. The van der Waals surface area contributed by atoms with E-state index >= 15 is 0 Å². The van der Waals surface area contributed by atoms with Crippen molar-refractivity contribution in [1.29, 1.82) is 0 Å². The van der Waals surface area contributed by atoms with Crippen molar-refractivity contribution >= 4 is 52.1 Å². The summed E-state index contributed by atoms with van der Waals surface area (Å²) < 4.78 is 19.2. The molecule has 5 nitrogen and oxygen atoms in total. The maximum Gasteiger partial charge on any atom is 0.156 e. The normalized spacial score (nSPS) is 10.9. The van der Waals surface area contributed by atoms with Crippen molar-refractivity contribution in [3.8, 4) is 28.5 Å². The number of halogens is 4. The molecule has 2 aromatic heterocycles. The summed E-state index contributed by atoms with van der Waals surface area (Å²) in [4.78, 5) is 4.69. The van der Waals surface area contributed by atoms with E-state index in [-0.39, 0.29) is 11.1 Å². The number of aryl methyl sites for hydroxylation is 1. The van der Waals surface area contributed by atoms with Crippen LogP contribution in [-0.2, 0) is 0 Å². The van der Waals surface area contributed by atoms with Crippen LogP contribution in [0, 0.1) is 6.92 Å². The number of fused-ring (bicyclic) bond motifs is 1. The average molecular weight is 552 g/mol. The first kappa shape index (κ1) is 25.5. The van der Waals surface area contributed by atoms with Gasteiger partial charge in [0, 0.05) is 36.5 Å². The Balaban J connectivity index is 1.25. The number of imidazole rings is 1. The summed E-state index contributed by atoms with van der Waals surface area (Å²) in [6, 6.07) is 15.2. The Hall–Kier alpha value is -2.57. The Morgan fingerprint density at radius 1 is 0.914 bits per heavy atom. The maximum atomic E-state index is 6.29. The average Bonchev–Trinajstić information content (AvgIpc) is 3.24. The second-order valence-electron chi connectivity index (χ2n) is 7.69. The molecule has 0 unspecified atom stereocenters. The summed E-state index contributed by atoms with van der Waals surface area (Å²) >= 11 is 23.7. The van der Waals surface area contributed by atoms with E-state index in [2.05, 4.69) is 19.1 Å². The maximum absolute atomic E-state index is 6.29. The molecule has 0 saturated carbocycles. The van der Waals surface area contributed by atoms with Crippen LogP contribution in [0.3, 0.4) is 0 Å². The van der Waals surface area contributed by atoms with Gasteiger partial charge in [-0.1, -0.05) is 46.4 Å². The minimum Gasteiger partial charge on any atom is -0.493 e. The minimum absolute atomic E-state index is 0.127. The van der Waals surface area contributed by atoms with Crippen LogP contribution in [0.25, 0.3) is 16.9 Å². The highest BCUT2D eigenvalue weighted by Crippen LogP contribution is 2.37. The SMILES string of the molecule is Cc1ccn2cc(-c3ccc(OCCCOc4c(Cl)cc(OCC=C(Cl)Cl)cc4Cl)cc3)nc2c1. The summed E-state index contributed by atoms with van der Waals surface area (Å²) in [5, 5.41) is 0.708. The summed E-state index contributed by atoms with van der Waals surface area (Å²) in [5.41, 5.74) is 4.05. The summed E-state index contributed by atoms with van der Waals surface area (Å²) in [7, 11) is 0. The second kappa shape index (κ2) is 11.9. The van der Waals surface area contributed by atoms with E-state index in [1.54, 1.807) is 12.1 Å². The number of nitrogens with zero attached hydrogens (tertiary/aromatic N) is 2. The molecule has 0 saturated heterocycles. The van der Waals surface area contributed by atoms with E-state index in [4.69, 9.17) is 65.6 Å². The van der Waals surface area contributed by atoms with E-state index in [1.807, 2.05) is 41.1 Å². The third-order valence-electron chi connectivity index (χ3n) is 5.03. The fourth-order valence-corrected chi connectivity index (χ4v) is 4.03. The topological polar surface area (TPSA) is 45.0 Å². The third-order valence-corrected chi connectivity index (χ3v) is 5.90.